The average molecular weight is 428 g/mol. The molecule has 1 aliphatic rings. The highest BCUT2D eigenvalue weighted by Crippen LogP contribution is 2.34. The molecule has 0 aliphatic heterocycles. The van der Waals surface area contributed by atoms with Gasteiger partial charge in [0.15, 0.2) is 5.82 Å². The van der Waals surface area contributed by atoms with E-state index in [0.717, 1.165) is 36.5 Å². The summed E-state index contributed by atoms with van der Waals surface area (Å²) in [5, 5.41) is 7.00. The number of pyridine rings is 1. The second-order valence-electron chi connectivity index (χ2n) is 7.38. The summed E-state index contributed by atoms with van der Waals surface area (Å²) in [7, 11) is 1.36. The van der Waals surface area contributed by atoms with E-state index in [4.69, 9.17) is 11.2 Å². The lowest BCUT2D eigenvalue weighted by Crippen LogP contribution is -2.40. The Morgan fingerprint density at radius 3 is 2.87 bits per heavy atom. The van der Waals surface area contributed by atoms with Gasteiger partial charge in [-0.3, -0.25) is 4.79 Å². The number of amides is 1. The van der Waals surface area contributed by atoms with E-state index in [9.17, 15) is 18.5 Å². The lowest BCUT2D eigenvalue weighted by molar-refractivity contribution is -0.116. The zero-order chi connectivity index (χ0) is 22.4. The van der Waals surface area contributed by atoms with Gasteiger partial charge in [0.05, 0.1) is 18.6 Å². The molecule has 1 heterocycles. The number of nitrogens with one attached hydrogen (secondary N) is 1. The topological polar surface area (TPSA) is 83.9 Å². The first kappa shape index (κ1) is 22.2. The Morgan fingerprint density at radius 1 is 1.35 bits per heavy atom. The fraction of sp³-hybridized carbons (Fsp3) is 0.364. The molecule has 2 aromatic rings. The first-order valence-corrected chi connectivity index (χ1v) is 9.82. The van der Waals surface area contributed by atoms with E-state index >= 15 is 0 Å². The molecule has 7 nitrogen and oxygen atoms in total. The van der Waals surface area contributed by atoms with Crippen LogP contribution < -0.4 is 15.1 Å². The van der Waals surface area contributed by atoms with E-state index in [1.807, 2.05) is 5.92 Å². The molecule has 162 valence electrons. The number of ether oxygens (including phenoxy) is 1. The number of anilines is 1. The SMILES string of the molecule is C#CC(=O)N[C@@H]1CCC[C@H](CN(N=O)c2cc(-c3ccc(F)cc3OC)c(F)cn2)C1. The van der Waals surface area contributed by atoms with Gasteiger partial charge in [0, 0.05) is 29.8 Å². The molecule has 1 aromatic carbocycles. The Bertz CT molecular complexity index is 1010. The van der Waals surface area contributed by atoms with Crippen LogP contribution in [0.5, 0.6) is 5.75 Å². The number of methoxy groups -OCH3 is 1. The third-order valence-electron chi connectivity index (χ3n) is 5.34. The molecule has 0 spiro atoms. The molecule has 1 fully saturated rings. The number of aromatic nitrogens is 1. The summed E-state index contributed by atoms with van der Waals surface area (Å²) in [4.78, 5) is 27.0. The van der Waals surface area contributed by atoms with E-state index in [1.54, 1.807) is 0 Å². The van der Waals surface area contributed by atoms with Gasteiger partial charge in [0.2, 0.25) is 0 Å². The van der Waals surface area contributed by atoms with Crippen molar-refractivity contribution in [1.29, 1.82) is 0 Å². The maximum Gasteiger partial charge on any atom is 0.295 e. The van der Waals surface area contributed by atoms with Gasteiger partial charge in [-0.2, -0.15) is 0 Å². The molecule has 1 N–H and O–H groups in total. The zero-order valence-corrected chi connectivity index (χ0v) is 17.0. The summed E-state index contributed by atoms with van der Waals surface area (Å²) in [5.74, 6) is 0.784. The van der Waals surface area contributed by atoms with Crippen LogP contribution in [0.3, 0.4) is 0 Å². The molecule has 0 radical (unpaired) electrons. The minimum atomic E-state index is -0.644. The van der Waals surface area contributed by atoms with Crippen molar-refractivity contribution in [1.82, 2.24) is 10.3 Å². The summed E-state index contributed by atoms with van der Waals surface area (Å²) >= 11 is 0. The molecule has 3 rings (SSSR count). The lowest BCUT2D eigenvalue weighted by atomic mass is 9.85. The molecule has 31 heavy (non-hydrogen) atoms. The Labute approximate surface area is 178 Å². The summed E-state index contributed by atoms with van der Waals surface area (Å²) in [5.41, 5.74) is 0.434. The Hall–Kier alpha value is -3.54. The van der Waals surface area contributed by atoms with Crippen molar-refractivity contribution < 1.29 is 18.3 Å². The second kappa shape index (κ2) is 9.98. The maximum absolute atomic E-state index is 14.5. The smallest absolute Gasteiger partial charge is 0.295 e. The van der Waals surface area contributed by atoms with Crippen LogP contribution in [0.1, 0.15) is 25.7 Å². The zero-order valence-electron chi connectivity index (χ0n) is 17.0. The molecule has 1 amide bonds. The summed E-state index contributed by atoms with van der Waals surface area (Å²) in [6, 6.07) is 5.05. The molecule has 0 bridgehead atoms. The van der Waals surface area contributed by atoms with Crippen molar-refractivity contribution in [2.75, 3.05) is 18.7 Å². The van der Waals surface area contributed by atoms with E-state index in [1.165, 1.54) is 25.3 Å². The second-order valence-corrected chi connectivity index (χ2v) is 7.38. The Balaban J connectivity index is 1.81. The van der Waals surface area contributed by atoms with Crippen molar-refractivity contribution in [2.45, 2.75) is 31.7 Å². The fourth-order valence-corrected chi connectivity index (χ4v) is 3.89. The molecule has 1 aliphatic carbocycles. The number of halogens is 2. The van der Waals surface area contributed by atoms with Crippen LogP contribution in [-0.2, 0) is 4.79 Å². The molecular formula is C22H22F2N4O3. The summed E-state index contributed by atoms with van der Waals surface area (Å²) < 4.78 is 33.2. The minimum Gasteiger partial charge on any atom is -0.496 e. The third-order valence-corrected chi connectivity index (χ3v) is 5.34. The van der Waals surface area contributed by atoms with Gasteiger partial charge in [-0.15, -0.1) is 11.3 Å². The number of nitrogens with zero attached hydrogens (tertiary/aromatic N) is 3. The minimum absolute atomic E-state index is 0.0604. The average Bonchev–Trinajstić information content (AvgIpc) is 2.78. The lowest BCUT2D eigenvalue weighted by Gasteiger charge is -2.31. The number of hydrogen-bond donors (Lipinski definition) is 1. The van der Waals surface area contributed by atoms with Crippen molar-refractivity contribution in [3.63, 3.8) is 0 Å². The van der Waals surface area contributed by atoms with Crippen LogP contribution in [0, 0.1) is 34.8 Å². The Kier molecular flexibility index (Phi) is 7.13. The fourth-order valence-electron chi connectivity index (χ4n) is 3.89. The molecule has 0 saturated heterocycles. The monoisotopic (exact) mass is 428 g/mol. The van der Waals surface area contributed by atoms with Crippen molar-refractivity contribution >= 4 is 11.7 Å². The van der Waals surface area contributed by atoms with Crippen LogP contribution in [0.4, 0.5) is 14.6 Å². The van der Waals surface area contributed by atoms with E-state index in [-0.39, 0.29) is 35.6 Å². The number of benzene rings is 1. The third kappa shape index (κ3) is 5.34. The van der Waals surface area contributed by atoms with Crippen LogP contribution in [0.15, 0.2) is 35.7 Å². The molecule has 1 saturated carbocycles. The molecule has 2 atom stereocenters. The van der Waals surface area contributed by atoms with Gasteiger partial charge in [-0.25, -0.2) is 18.8 Å². The maximum atomic E-state index is 14.5. The number of terminal acetylenes is 1. The Morgan fingerprint density at radius 2 is 2.16 bits per heavy atom. The van der Waals surface area contributed by atoms with Gasteiger partial charge in [-0.05, 0) is 49.3 Å². The normalized spacial score (nSPS) is 18.0. The quantitative estimate of drug-likeness (QED) is 0.412. The summed E-state index contributed by atoms with van der Waals surface area (Å²) in [6.45, 7) is 0.255. The highest BCUT2D eigenvalue weighted by molar-refractivity contribution is 5.93. The van der Waals surface area contributed by atoms with Crippen LogP contribution in [0.25, 0.3) is 11.1 Å². The highest BCUT2D eigenvalue weighted by Gasteiger charge is 2.26. The van der Waals surface area contributed by atoms with Crippen molar-refractivity contribution in [3.05, 3.63) is 47.0 Å². The van der Waals surface area contributed by atoms with Gasteiger partial charge in [-0.1, -0.05) is 6.42 Å². The number of carbonyl (C=O) groups excluding carboxylic acids is 1. The van der Waals surface area contributed by atoms with Crippen molar-refractivity contribution in [3.8, 4) is 29.2 Å². The molecule has 9 heteroatoms. The largest absolute Gasteiger partial charge is 0.496 e. The van der Waals surface area contributed by atoms with Crippen LogP contribution in [-0.4, -0.2) is 30.6 Å². The van der Waals surface area contributed by atoms with Crippen molar-refractivity contribution in [2.24, 2.45) is 11.2 Å². The van der Waals surface area contributed by atoms with Crippen LogP contribution in [0.2, 0.25) is 0 Å². The highest BCUT2D eigenvalue weighted by atomic mass is 19.1. The van der Waals surface area contributed by atoms with Crippen LogP contribution >= 0.6 is 0 Å². The molecule has 1 aromatic heterocycles. The van der Waals surface area contributed by atoms with E-state index < -0.39 is 17.5 Å². The van der Waals surface area contributed by atoms with Gasteiger partial charge < -0.3 is 10.1 Å². The van der Waals surface area contributed by atoms with E-state index in [0.29, 0.717) is 12.0 Å². The predicted molar refractivity (Wildman–Crippen MR) is 112 cm³/mol. The van der Waals surface area contributed by atoms with Gasteiger partial charge >= 0.3 is 0 Å². The van der Waals surface area contributed by atoms with E-state index in [2.05, 4.69) is 15.6 Å². The first-order valence-electron chi connectivity index (χ1n) is 9.82. The number of carbonyl (C=O) groups is 1. The molecular weight excluding hydrogens is 406 g/mol. The van der Waals surface area contributed by atoms with Gasteiger partial charge in [0.1, 0.15) is 17.4 Å². The predicted octanol–water partition coefficient (Wildman–Crippen LogP) is 3.83. The summed E-state index contributed by atoms with van der Waals surface area (Å²) in [6.07, 6.45) is 9.25. The number of rotatable bonds is 7. The van der Waals surface area contributed by atoms with Gasteiger partial charge in [0.25, 0.3) is 5.91 Å². The first-order chi connectivity index (χ1) is 14.9. The number of hydrogen-bond acceptors (Lipinski definition) is 5. The molecule has 0 unspecified atom stereocenters. The standard InChI is InChI=1S/C22H22F2N4O3/c1-3-22(29)26-16-6-4-5-14(9-16)13-28(27-30)21-11-18(19(24)12-25-21)17-8-7-15(23)10-20(17)31-2/h1,7-8,10-12,14,16H,4-6,9,13H2,2H3,(H,26,29)/t14-,16+/m0/s1. The number of nitroso groups, excluding NO2 is 1.